The molecule has 0 bridgehead atoms. The Morgan fingerprint density at radius 3 is 2.48 bits per heavy atom. The van der Waals surface area contributed by atoms with E-state index in [1.807, 2.05) is 30.3 Å². The van der Waals surface area contributed by atoms with Crippen LogP contribution in [0.4, 0.5) is 13.2 Å². The second kappa shape index (κ2) is 5.47. The zero-order chi connectivity index (χ0) is 17.6. The minimum atomic E-state index is -4.44. The molecule has 4 nitrogen and oxygen atoms in total. The first-order valence-electron chi connectivity index (χ1n) is 7.57. The molecule has 0 aliphatic carbocycles. The molecule has 2 heterocycles. The summed E-state index contributed by atoms with van der Waals surface area (Å²) in [5.74, 6) is -0.382. The molecule has 1 amide bonds. The van der Waals surface area contributed by atoms with Crippen molar-refractivity contribution in [3.63, 3.8) is 0 Å². The molecule has 1 atom stereocenters. The third-order valence-electron chi connectivity index (χ3n) is 4.19. The van der Waals surface area contributed by atoms with Gasteiger partial charge in [-0.2, -0.15) is 18.3 Å². The van der Waals surface area contributed by atoms with E-state index in [4.69, 9.17) is 0 Å². The first kappa shape index (κ1) is 15.4. The number of rotatable bonds is 2. The van der Waals surface area contributed by atoms with Crippen molar-refractivity contribution in [1.29, 1.82) is 0 Å². The number of carbonyl (C=O) groups excluding carboxylic acids is 1. The molecular weight excluding hydrogens is 331 g/mol. The maximum Gasteiger partial charge on any atom is 0.416 e. The zero-order valence-electron chi connectivity index (χ0n) is 12.8. The average Bonchev–Trinajstić information content (AvgIpc) is 3.17. The lowest BCUT2D eigenvalue weighted by Crippen LogP contribution is -2.21. The van der Waals surface area contributed by atoms with Crippen molar-refractivity contribution in [2.24, 2.45) is 0 Å². The van der Waals surface area contributed by atoms with Gasteiger partial charge in [-0.15, -0.1) is 0 Å². The van der Waals surface area contributed by atoms with E-state index in [9.17, 15) is 18.0 Å². The Morgan fingerprint density at radius 1 is 1.00 bits per heavy atom. The van der Waals surface area contributed by atoms with E-state index >= 15 is 0 Å². The van der Waals surface area contributed by atoms with Gasteiger partial charge in [-0.05, 0) is 17.7 Å². The molecule has 1 unspecified atom stereocenters. The summed E-state index contributed by atoms with van der Waals surface area (Å²) in [6.45, 7) is 0. The number of halogens is 3. The summed E-state index contributed by atoms with van der Waals surface area (Å²) in [5, 5.41) is 9.62. The van der Waals surface area contributed by atoms with Gasteiger partial charge in [0.15, 0.2) is 0 Å². The fourth-order valence-corrected chi connectivity index (χ4v) is 3.04. The first-order chi connectivity index (χ1) is 11.9. The number of carbonyl (C=O) groups is 1. The molecule has 2 N–H and O–H groups in total. The van der Waals surface area contributed by atoms with Gasteiger partial charge in [0.2, 0.25) is 0 Å². The number of hydrogen-bond acceptors (Lipinski definition) is 2. The summed E-state index contributed by atoms with van der Waals surface area (Å²) >= 11 is 0. The number of alkyl halides is 3. The van der Waals surface area contributed by atoms with Crippen molar-refractivity contribution < 1.29 is 18.0 Å². The van der Waals surface area contributed by atoms with Crippen molar-refractivity contribution >= 4 is 5.91 Å². The predicted octanol–water partition coefficient (Wildman–Crippen LogP) is 3.93. The lowest BCUT2D eigenvalue weighted by molar-refractivity contribution is -0.137. The number of benzene rings is 2. The predicted molar refractivity (Wildman–Crippen MR) is 84.8 cm³/mol. The highest BCUT2D eigenvalue weighted by atomic mass is 19.4. The number of aromatic amines is 1. The maximum atomic E-state index is 13.0. The molecule has 3 aromatic rings. The molecule has 126 valence electrons. The lowest BCUT2D eigenvalue weighted by atomic mass is 9.95. The number of H-pyrrole nitrogens is 1. The van der Waals surface area contributed by atoms with Crippen molar-refractivity contribution in [3.8, 4) is 11.3 Å². The molecule has 1 aliphatic rings. The molecule has 2 aromatic carbocycles. The van der Waals surface area contributed by atoms with Gasteiger partial charge in [0.25, 0.3) is 5.91 Å². The molecule has 0 saturated carbocycles. The highest BCUT2D eigenvalue weighted by Crippen LogP contribution is 2.38. The second-order valence-electron chi connectivity index (χ2n) is 5.76. The largest absolute Gasteiger partial charge is 0.416 e. The van der Waals surface area contributed by atoms with E-state index in [0.717, 1.165) is 17.7 Å². The smallest absolute Gasteiger partial charge is 0.340 e. The fraction of sp³-hybridized carbons (Fsp3) is 0.111. The van der Waals surface area contributed by atoms with E-state index in [1.54, 1.807) is 6.07 Å². The molecule has 0 spiro atoms. The van der Waals surface area contributed by atoms with Crippen LogP contribution in [0.5, 0.6) is 0 Å². The SMILES string of the molecule is O=C1NC(c2cccc(C(F)(F)F)c2)c2c(-c3ccccc3)n[nH]c21. The van der Waals surface area contributed by atoms with Gasteiger partial charge in [-0.3, -0.25) is 9.89 Å². The number of fused-ring (bicyclic) bond motifs is 1. The van der Waals surface area contributed by atoms with Crippen LogP contribution in [0.3, 0.4) is 0 Å². The Balaban J connectivity index is 1.84. The Morgan fingerprint density at radius 2 is 1.76 bits per heavy atom. The summed E-state index contributed by atoms with van der Waals surface area (Å²) in [6, 6.07) is 13.5. The van der Waals surface area contributed by atoms with Crippen molar-refractivity contribution in [1.82, 2.24) is 15.5 Å². The van der Waals surface area contributed by atoms with Crippen LogP contribution in [0, 0.1) is 0 Å². The van der Waals surface area contributed by atoms with Crippen LogP contribution in [0.2, 0.25) is 0 Å². The Kier molecular flexibility index (Phi) is 3.38. The normalized spacial score (nSPS) is 16.6. The number of aromatic nitrogens is 2. The summed E-state index contributed by atoms with van der Waals surface area (Å²) in [7, 11) is 0. The molecule has 0 fully saturated rings. The Bertz CT molecular complexity index is 948. The van der Waals surface area contributed by atoms with Crippen LogP contribution in [0.15, 0.2) is 54.6 Å². The summed E-state index contributed by atoms with van der Waals surface area (Å²) in [5.41, 5.74) is 1.79. The molecular formula is C18H12F3N3O. The third kappa shape index (κ3) is 2.57. The van der Waals surface area contributed by atoms with Gasteiger partial charge in [-0.1, -0.05) is 42.5 Å². The topological polar surface area (TPSA) is 57.8 Å². The minimum absolute atomic E-state index is 0.279. The third-order valence-corrected chi connectivity index (χ3v) is 4.19. The van der Waals surface area contributed by atoms with E-state index in [1.165, 1.54) is 6.07 Å². The minimum Gasteiger partial charge on any atom is -0.340 e. The first-order valence-corrected chi connectivity index (χ1v) is 7.57. The molecule has 0 radical (unpaired) electrons. The number of nitrogens with one attached hydrogen (secondary N) is 2. The molecule has 4 rings (SSSR count). The van der Waals surface area contributed by atoms with Gasteiger partial charge >= 0.3 is 6.18 Å². The second-order valence-corrected chi connectivity index (χ2v) is 5.76. The Hall–Kier alpha value is -3.09. The standard InChI is InChI=1S/C18H12F3N3O/c19-18(20,21)12-8-4-7-11(9-12)14-13-15(10-5-2-1-3-6-10)23-24-16(13)17(25)22-14/h1-9,14H,(H,22,25)(H,23,24). The van der Waals surface area contributed by atoms with Crippen molar-refractivity contribution in [2.45, 2.75) is 12.2 Å². The zero-order valence-corrected chi connectivity index (χ0v) is 12.8. The summed E-state index contributed by atoms with van der Waals surface area (Å²) < 4.78 is 39.0. The van der Waals surface area contributed by atoms with Crippen LogP contribution in [-0.4, -0.2) is 16.1 Å². The van der Waals surface area contributed by atoms with E-state index in [-0.39, 0.29) is 11.6 Å². The van der Waals surface area contributed by atoms with E-state index in [0.29, 0.717) is 16.8 Å². The number of nitrogens with zero attached hydrogens (tertiary/aromatic N) is 1. The molecule has 25 heavy (non-hydrogen) atoms. The van der Waals surface area contributed by atoms with Crippen LogP contribution < -0.4 is 5.32 Å². The van der Waals surface area contributed by atoms with Gasteiger partial charge in [0.1, 0.15) is 5.69 Å². The number of amides is 1. The fourth-order valence-electron chi connectivity index (χ4n) is 3.04. The summed E-state index contributed by atoms with van der Waals surface area (Å²) in [4.78, 5) is 12.2. The molecule has 7 heteroatoms. The summed E-state index contributed by atoms with van der Waals surface area (Å²) in [6.07, 6.45) is -4.44. The maximum absolute atomic E-state index is 13.0. The molecule has 1 aromatic heterocycles. The highest BCUT2D eigenvalue weighted by Gasteiger charge is 2.37. The monoisotopic (exact) mass is 343 g/mol. The van der Waals surface area contributed by atoms with Crippen LogP contribution in [-0.2, 0) is 6.18 Å². The van der Waals surface area contributed by atoms with Crippen LogP contribution in [0.25, 0.3) is 11.3 Å². The van der Waals surface area contributed by atoms with E-state index < -0.39 is 17.8 Å². The highest BCUT2D eigenvalue weighted by molar-refractivity contribution is 6.00. The van der Waals surface area contributed by atoms with Crippen LogP contribution >= 0.6 is 0 Å². The van der Waals surface area contributed by atoms with Gasteiger partial charge in [0.05, 0.1) is 17.3 Å². The lowest BCUT2D eigenvalue weighted by Gasteiger charge is -2.15. The average molecular weight is 343 g/mol. The van der Waals surface area contributed by atoms with Gasteiger partial charge in [-0.25, -0.2) is 0 Å². The Labute approximate surface area is 140 Å². The van der Waals surface area contributed by atoms with E-state index in [2.05, 4.69) is 15.5 Å². The van der Waals surface area contributed by atoms with Crippen molar-refractivity contribution in [3.05, 3.63) is 77.0 Å². The van der Waals surface area contributed by atoms with Gasteiger partial charge < -0.3 is 5.32 Å². The quantitative estimate of drug-likeness (QED) is 0.741. The number of hydrogen-bond donors (Lipinski definition) is 2. The van der Waals surface area contributed by atoms with Crippen molar-refractivity contribution in [2.75, 3.05) is 0 Å². The van der Waals surface area contributed by atoms with Crippen LogP contribution in [0.1, 0.15) is 33.2 Å². The molecule has 1 aliphatic heterocycles. The van der Waals surface area contributed by atoms with Gasteiger partial charge in [0, 0.05) is 11.1 Å². The molecule has 0 saturated heterocycles.